The molecule has 0 N–H and O–H groups in total. The zero-order valence-electron chi connectivity index (χ0n) is 41.1. The second-order valence-electron chi connectivity index (χ2n) is 17.0. The average Bonchev–Trinajstić information content (AvgIpc) is 3.28. The normalized spacial score (nSPS) is 12.7. The lowest BCUT2D eigenvalue weighted by Crippen LogP contribution is -2.30. The van der Waals surface area contributed by atoms with Gasteiger partial charge in [-0.1, -0.05) is 202 Å². The summed E-state index contributed by atoms with van der Waals surface area (Å²) in [5.74, 6) is -0.978. The van der Waals surface area contributed by atoms with Crippen LogP contribution in [0.3, 0.4) is 0 Å². The van der Waals surface area contributed by atoms with Crippen LogP contribution >= 0.6 is 0 Å². The highest BCUT2D eigenvalue weighted by atomic mass is 16.6. The fourth-order valence-electron chi connectivity index (χ4n) is 6.92. The van der Waals surface area contributed by atoms with Gasteiger partial charge in [0.15, 0.2) is 6.10 Å². The largest absolute Gasteiger partial charge is 0.462 e. The van der Waals surface area contributed by atoms with E-state index < -0.39 is 6.10 Å². The third-order valence-corrected chi connectivity index (χ3v) is 10.9. The zero-order valence-corrected chi connectivity index (χ0v) is 41.1. The van der Waals surface area contributed by atoms with Gasteiger partial charge < -0.3 is 14.2 Å². The standard InChI is InChI=1S/C57H96O6/c1-4-7-10-13-16-19-22-24-26-28-30-32-35-38-41-44-47-50-56(59)62-53-54(52-61-55(58)49-46-43-40-37-34-21-18-15-12-9-6-3)63-57(60)51-48-45-42-39-36-33-31-29-27-25-23-20-17-14-11-8-5-2/h8,11,15,17-18,20,24-27,31,33,39,42,54H,4-7,9-10,12-14,16,19,21-23,28-30,32,34-38,40-41,43-53H2,1-3H3/b11-8-,18-15-,20-17-,26-24-,27-25-,33-31-,42-39-/t54-/m0/s1. The Hall–Kier alpha value is -3.41. The predicted molar refractivity (Wildman–Crippen MR) is 270 cm³/mol. The Kier molecular flexibility index (Phi) is 48.5. The molecule has 0 saturated heterocycles. The number of rotatable bonds is 46. The molecule has 0 aromatic carbocycles. The SMILES string of the molecule is CC/C=C\C/C=C\C/C=C\C/C=C\C/C=C\CCCC(=O)O[C@@H](COC(=O)CCCCCCC/C=C\CCCC)COC(=O)CCCCCCCCC/C=C\CCCCCCCC. The molecule has 0 fully saturated rings. The zero-order chi connectivity index (χ0) is 45.8. The number of allylic oxidation sites excluding steroid dienone is 14. The predicted octanol–water partition coefficient (Wildman–Crippen LogP) is 17.2. The highest BCUT2D eigenvalue weighted by Crippen LogP contribution is 2.13. The van der Waals surface area contributed by atoms with E-state index in [0.29, 0.717) is 19.3 Å². The van der Waals surface area contributed by atoms with Crippen molar-refractivity contribution in [3.63, 3.8) is 0 Å². The van der Waals surface area contributed by atoms with Gasteiger partial charge in [-0.2, -0.15) is 0 Å². The van der Waals surface area contributed by atoms with Gasteiger partial charge in [-0.05, 0) is 103 Å². The number of hydrogen-bond acceptors (Lipinski definition) is 6. The summed E-state index contributed by atoms with van der Waals surface area (Å²) in [6.45, 7) is 6.42. The van der Waals surface area contributed by atoms with Crippen LogP contribution in [0.1, 0.15) is 239 Å². The summed E-state index contributed by atoms with van der Waals surface area (Å²) < 4.78 is 16.7. The second-order valence-corrected chi connectivity index (χ2v) is 17.0. The molecule has 1 atom stereocenters. The number of hydrogen-bond donors (Lipinski definition) is 0. The van der Waals surface area contributed by atoms with E-state index in [0.717, 1.165) is 89.9 Å². The number of ether oxygens (including phenoxy) is 3. The van der Waals surface area contributed by atoms with Crippen molar-refractivity contribution in [1.29, 1.82) is 0 Å². The fraction of sp³-hybridized carbons (Fsp3) is 0.702. The highest BCUT2D eigenvalue weighted by molar-refractivity contribution is 5.71. The minimum absolute atomic E-state index is 0.104. The molecule has 0 aromatic rings. The van der Waals surface area contributed by atoms with Gasteiger partial charge in [-0.15, -0.1) is 0 Å². The van der Waals surface area contributed by atoms with Crippen molar-refractivity contribution in [1.82, 2.24) is 0 Å². The van der Waals surface area contributed by atoms with Crippen molar-refractivity contribution in [2.45, 2.75) is 245 Å². The maximum absolute atomic E-state index is 12.8. The lowest BCUT2D eigenvalue weighted by molar-refractivity contribution is -0.167. The summed E-state index contributed by atoms with van der Waals surface area (Å²) in [5.41, 5.74) is 0. The van der Waals surface area contributed by atoms with E-state index in [9.17, 15) is 14.4 Å². The summed E-state index contributed by atoms with van der Waals surface area (Å²) in [6.07, 6.45) is 65.7. The molecule has 0 aliphatic carbocycles. The first-order chi connectivity index (χ1) is 31.0. The summed E-state index contributed by atoms with van der Waals surface area (Å²) in [4.78, 5) is 37.9. The van der Waals surface area contributed by atoms with Gasteiger partial charge in [-0.25, -0.2) is 0 Å². The molecule has 63 heavy (non-hydrogen) atoms. The number of esters is 3. The van der Waals surface area contributed by atoms with E-state index in [1.807, 2.05) is 0 Å². The number of unbranched alkanes of at least 4 members (excludes halogenated alkanes) is 21. The Bertz CT molecular complexity index is 1240. The monoisotopic (exact) mass is 877 g/mol. The molecule has 0 spiro atoms. The smallest absolute Gasteiger partial charge is 0.306 e. The van der Waals surface area contributed by atoms with Gasteiger partial charge in [0.1, 0.15) is 13.2 Å². The number of carbonyl (C=O) groups excluding carboxylic acids is 3. The summed E-state index contributed by atoms with van der Waals surface area (Å²) in [7, 11) is 0. The quantitative estimate of drug-likeness (QED) is 0.0262. The lowest BCUT2D eigenvalue weighted by atomic mass is 10.1. The molecule has 0 aliphatic heterocycles. The molecule has 0 aromatic heterocycles. The average molecular weight is 877 g/mol. The molecular weight excluding hydrogens is 781 g/mol. The molecule has 0 aliphatic rings. The molecule has 6 nitrogen and oxygen atoms in total. The third kappa shape index (κ3) is 49.5. The van der Waals surface area contributed by atoms with Gasteiger partial charge in [0.2, 0.25) is 0 Å². The van der Waals surface area contributed by atoms with E-state index in [1.165, 1.54) is 103 Å². The van der Waals surface area contributed by atoms with E-state index in [4.69, 9.17) is 14.2 Å². The Labute approximate surface area is 388 Å². The van der Waals surface area contributed by atoms with Crippen LogP contribution in [-0.4, -0.2) is 37.2 Å². The first kappa shape index (κ1) is 59.6. The molecule has 0 saturated carbocycles. The van der Waals surface area contributed by atoms with Crippen LogP contribution in [0.4, 0.5) is 0 Å². The first-order valence-corrected chi connectivity index (χ1v) is 26.1. The minimum Gasteiger partial charge on any atom is -0.462 e. The fourth-order valence-corrected chi connectivity index (χ4v) is 6.92. The van der Waals surface area contributed by atoms with Crippen LogP contribution in [0.25, 0.3) is 0 Å². The van der Waals surface area contributed by atoms with E-state index in [1.54, 1.807) is 0 Å². The van der Waals surface area contributed by atoms with Crippen LogP contribution in [0.5, 0.6) is 0 Å². The minimum atomic E-state index is -0.810. The number of carbonyl (C=O) groups is 3. The summed E-state index contributed by atoms with van der Waals surface area (Å²) in [6, 6.07) is 0. The Morgan fingerprint density at radius 1 is 0.333 bits per heavy atom. The molecule has 0 heterocycles. The molecule has 6 heteroatoms. The Balaban J connectivity index is 4.47. The molecule has 0 amide bonds. The van der Waals surface area contributed by atoms with Gasteiger partial charge >= 0.3 is 17.9 Å². The van der Waals surface area contributed by atoms with E-state index >= 15 is 0 Å². The van der Waals surface area contributed by atoms with Crippen molar-refractivity contribution < 1.29 is 28.6 Å². The van der Waals surface area contributed by atoms with Crippen LogP contribution in [0, 0.1) is 0 Å². The maximum Gasteiger partial charge on any atom is 0.306 e. The van der Waals surface area contributed by atoms with Crippen molar-refractivity contribution in [3.8, 4) is 0 Å². The molecular formula is C57H96O6. The topological polar surface area (TPSA) is 78.9 Å². The second kappa shape index (κ2) is 51.2. The van der Waals surface area contributed by atoms with Crippen LogP contribution in [0.2, 0.25) is 0 Å². The third-order valence-electron chi connectivity index (χ3n) is 10.9. The lowest BCUT2D eigenvalue weighted by Gasteiger charge is -2.18. The maximum atomic E-state index is 12.8. The summed E-state index contributed by atoms with van der Waals surface area (Å²) in [5, 5.41) is 0. The van der Waals surface area contributed by atoms with Crippen LogP contribution in [0.15, 0.2) is 85.1 Å². The molecule has 0 radical (unpaired) electrons. The van der Waals surface area contributed by atoms with Gasteiger partial charge in [0, 0.05) is 19.3 Å². The molecule has 0 bridgehead atoms. The van der Waals surface area contributed by atoms with Gasteiger partial charge in [0.25, 0.3) is 0 Å². The van der Waals surface area contributed by atoms with Crippen molar-refractivity contribution >= 4 is 17.9 Å². The Morgan fingerprint density at radius 3 is 1.08 bits per heavy atom. The summed E-state index contributed by atoms with van der Waals surface area (Å²) >= 11 is 0. The van der Waals surface area contributed by atoms with Gasteiger partial charge in [-0.3, -0.25) is 14.4 Å². The highest BCUT2D eigenvalue weighted by Gasteiger charge is 2.19. The van der Waals surface area contributed by atoms with Crippen LogP contribution in [-0.2, 0) is 28.6 Å². The van der Waals surface area contributed by atoms with E-state index in [-0.39, 0.29) is 37.5 Å². The van der Waals surface area contributed by atoms with Gasteiger partial charge in [0.05, 0.1) is 0 Å². The molecule has 0 unspecified atom stereocenters. The molecule has 360 valence electrons. The Morgan fingerprint density at radius 2 is 0.651 bits per heavy atom. The van der Waals surface area contributed by atoms with Crippen molar-refractivity contribution in [3.05, 3.63) is 85.1 Å². The van der Waals surface area contributed by atoms with Crippen LogP contribution < -0.4 is 0 Å². The van der Waals surface area contributed by atoms with Crippen molar-refractivity contribution in [2.24, 2.45) is 0 Å². The van der Waals surface area contributed by atoms with E-state index in [2.05, 4.69) is 106 Å². The first-order valence-electron chi connectivity index (χ1n) is 26.1. The molecule has 0 rings (SSSR count). The van der Waals surface area contributed by atoms with Crippen molar-refractivity contribution in [2.75, 3.05) is 13.2 Å².